The number of hydrogen-bond donors (Lipinski definition) is 2. The highest BCUT2D eigenvalue weighted by Gasteiger charge is 2.23. The van der Waals surface area contributed by atoms with E-state index in [2.05, 4.69) is 56.4 Å². The number of fused-ring (bicyclic) bond motifs is 1. The Labute approximate surface area is 176 Å². The molecule has 0 unspecified atom stereocenters. The van der Waals surface area contributed by atoms with E-state index >= 15 is 0 Å². The summed E-state index contributed by atoms with van der Waals surface area (Å²) in [6, 6.07) is 4.13. The van der Waals surface area contributed by atoms with Gasteiger partial charge in [-0.25, -0.2) is 9.97 Å². The topological polar surface area (TPSA) is 95.9 Å². The van der Waals surface area contributed by atoms with Gasteiger partial charge in [0.15, 0.2) is 0 Å². The number of nitrogens with zero attached hydrogens (tertiary/aromatic N) is 5. The maximum absolute atomic E-state index is 12.6. The Morgan fingerprint density at radius 3 is 2.63 bits per heavy atom. The van der Waals surface area contributed by atoms with E-state index in [1.165, 1.54) is 0 Å². The van der Waals surface area contributed by atoms with Gasteiger partial charge in [0.2, 0.25) is 5.91 Å². The Kier molecular flexibility index (Phi) is 5.85. The maximum atomic E-state index is 12.6. The zero-order chi connectivity index (χ0) is 21.1. The Bertz CT molecular complexity index is 1040. The summed E-state index contributed by atoms with van der Waals surface area (Å²) < 4.78 is 0. The number of hydrogen-bond acceptors (Lipinski definition) is 7. The Morgan fingerprint density at radius 1 is 1.07 bits per heavy atom. The molecule has 1 fully saturated rings. The van der Waals surface area contributed by atoms with Crippen LogP contribution in [0, 0.1) is 5.92 Å². The molecule has 3 aromatic rings. The van der Waals surface area contributed by atoms with Gasteiger partial charge < -0.3 is 15.5 Å². The van der Waals surface area contributed by atoms with Crippen LogP contribution in [0.5, 0.6) is 0 Å². The summed E-state index contributed by atoms with van der Waals surface area (Å²) in [7, 11) is 2.09. The van der Waals surface area contributed by atoms with Crippen molar-refractivity contribution in [3.63, 3.8) is 0 Å². The summed E-state index contributed by atoms with van der Waals surface area (Å²) in [6.45, 7) is 6.01. The molecule has 0 radical (unpaired) electrons. The van der Waals surface area contributed by atoms with E-state index in [0.717, 1.165) is 53.9 Å². The number of amides is 1. The van der Waals surface area contributed by atoms with Crippen LogP contribution in [-0.4, -0.2) is 56.9 Å². The monoisotopic (exact) mass is 405 g/mol. The molecule has 8 nitrogen and oxygen atoms in total. The molecule has 8 heteroatoms. The van der Waals surface area contributed by atoms with Crippen molar-refractivity contribution in [3.05, 3.63) is 36.9 Å². The first-order chi connectivity index (χ1) is 14.5. The Balaban J connectivity index is 1.55. The number of nitrogens with one attached hydrogen (secondary N) is 2. The zero-order valence-electron chi connectivity index (χ0n) is 17.6. The predicted molar refractivity (Wildman–Crippen MR) is 118 cm³/mol. The lowest BCUT2D eigenvalue weighted by Crippen LogP contribution is -2.36. The molecule has 0 aliphatic carbocycles. The minimum atomic E-state index is 0.0367. The minimum Gasteiger partial charge on any atom is -0.367 e. The van der Waals surface area contributed by atoms with Crippen LogP contribution >= 0.6 is 0 Å². The fourth-order valence-electron chi connectivity index (χ4n) is 3.61. The summed E-state index contributed by atoms with van der Waals surface area (Å²) in [5, 5.41) is 7.13. The van der Waals surface area contributed by atoms with Crippen molar-refractivity contribution >= 4 is 28.4 Å². The van der Waals surface area contributed by atoms with Gasteiger partial charge in [0.25, 0.3) is 0 Å². The third kappa shape index (κ3) is 4.71. The van der Waals surface area contributed by atoms with Crippen LogP contribution in [0.4, 0.5) is 11.6 Å². The minimum absolute atomic E-state index is 0.0367. The number of anilines is 2. The smallest absolute Gasteiger partial charge is 0.228 e. The van der Waals surface area contributed by atoms with Gasteiger partial charge in [0, 0.05) is 29.1 Å². The molecule has 0 spiro atoms. The molecule has 30 heavy (non-hydrogen) atoms. The van der Waals surface area contributed by atoms with Crippen molar-refractivity contribution in [2.75, 3.05) is 30.8 Å². The average molecular weight is 406 g/mol. The summed E-state index contributed by atoms with van der Waals surface area (Å²) in [5.74, 6) is 1.35. The predicted octanol–water partition coefficient (Wildman–Crippen LogP) is 3.19. The molecule has 0 aromatic carbocycles. The van der Waals surface area contributed by atoms with E-state index in [0.29, 0.717) is 5.82 Å². The summed E-state index contributed by atoms with van der Waals surface area (Å²) in [6.07, 6.45) is 8.63. The van der Waals surface area contributed by atoms with Gasteiger partial charge >= 0.3 is 0 Å². The van der Waals surface area contributed by atoms with Crippen molar-refractivity contribution in [1.29, 1.82) is 0 Å². The number of aromatic nitrogens is 4. The molecular formula is C22H27N7O. The molecule has 4 rings (SSSR count). The summed E-state index contributed by atoms with van der Waals surface area (Å²) >= 11 is 0. The van der Waals surface area contributed by atoms with Crippen molar-refractivity contribution in [1.82, 2.24) is 24.8 Å². The second-order valence-corrected chi connectivity index (χ2v) is 8.14. The van der Waals surface area contributed by atoms with Crippen LogP contribution in [0.3, 0.4) is 0 Å². The van der Waals surface area contributed by atoms with Crippen molar-refractivity contribution < 1.29 is 4.79 Å². The molecule has 4 heterocycles. The third-order valence-electron chi connectivity index (χ3n) is 5.28. The molecule has 156 valence electrons. The van der Waals surface area contributed by atoms with Gasteiger partial charge in [0.1, 0.15) is 11.6 Å². The fourth-order valence-corrected chi connectivity index (χ4v) is 3.61. The van der Waals surface area contributed by atoms with Crippen LogP contribution in [0.1, 0.15) is 26.7 Å². The first-order valence-electron chi connectivity index (χ1n) is 10.3. The lowest BCUT2D eigenvalue weighted by atomic mass is 9.96. The van der Waals surface area contributed by atoms with E-state index in [9.17, 15) is 4.79 Å². The lowest BCUT2D eigenvalue weighted by molar-refractivity contribution is -0.121. The van der Waals surface area contributed by atoms with Gasteiger partial charge in [-0.1, -0.05) is 0 Å². The lowest BCUT2D eigenvalue weighted by Gasteiger charge is -2.27. The molecule has 1 amide bonds. The third-order valence-corrected chi connectivity index (χ3v) is 5.28. The molecule has 2 N–H and O–H groups in total. The highest BCUT2D eigenvalue weighted by Crippen LogP contribution is 2.24. The molecule has 0 saturated carbocycles. The van der Waals surface area contributed by atoms with E-state index < -0.39 is 0 Å². The van der Waals surface area contributed by atoms with Crippen LogP contribution in [0.25, 0.3) is 22.2 Å². The van der Waals surface area contributed by atoms with Crippen molar-refractivity contribution in [3.8, 4) is 11.3 Å². The van der Waals surface area contributed by atoms with Crippen molar-refractivity contribution in [2.24, 2.45) is 5.92 Å². The number of likely N-dealkylation sites (tertiary alicyclic amines) is 1. The highest BCUT2D eigenvalue weighted by molar-refractivity contribution is 5.94. The van der Waals surface area contributed by atoms with E-state index in [1.807, 2.05) is 12.1 Å². The van der Waals surface area contributed by atoms with Crippen LogP contribution in [0.2, 0.25) is 0 Å². The second kappa shape index (κ2) is 8.71. The van der Waals surface area contributed by atoms with E-state index in [4.69, 9.17) is 0 Å². The molecule has 1 saturated heterocycles. The van der Waals surface area contributed by atoms with E-state index in [-0.39, 0.29) is 17.9 Å². The van der Waals surface area contributed by atoms with Crippen LogP contribution in [0.15, 0.2) is 36.9 Å². The number of piperidine rings is 1. The van der Waals surface area contributed by atoms with Gasteiger partial charge in [-0.3, -0.25) is 14.8 Å². The SMILES string of the molecule is CC(C)Nc1cncc(-c2cnc3cnc(NC(=O)C4CCN(C)CC4)cc3c2)n1. The molecule has 1 aliphatic heterocycles. The van der Waals surface area contributed by atoms with E-state index in [1.54, 1.807) is 24.8 Å². The number of rotatable bonds is 5. The maximum Gasteiger partial charge on any atom is 0.228 e. The Morgan fingerprint density at radius 2 is 1.87 bits per heavy atom. The first-order valence-corrected chi connectivity index (χ1v) is 10.3. The summed E-state index contributed by atoms with van der Waals surface area (Å²) in [4.78, 5) is 32.6. The van der Waals surface area contributed by atoms with Gasteiger partial charge in [-0.15, -0.1) is 0 Å². The standard InChI is InChI=1S/C22H27N7O/c1-14(2)26-21-13-23-11-19(27-21)17-8-16-9-20(25-12-18(16)24-10-17)28-22(30)15-4-6-29(3)7-5-15/h8-15H,4-7H2,1-3H3,(H,26,27)(H,25,28,30). The summed E-state index contributed by atoms with van der Waals surface area (Å²) in [5.41, 5.74) is 2.37. The number of carbonyl (C=O) groups is 1. The quantitative estimate of drug-likeness (QED) is 0.673. The largest absolute Gasteiger partial charge is 0.367 e. The highest BCUT2D eigenvalue weighted by atomic mass is 16.1. The van der Waals surface area contributed by atoms with Crippen LogP contribution < -0.4 is 10.6 Å². The van der Waals surface area contributed by atoms with Crippen molar-refractivity contribution in [2.45, 2.75) is 32.7 Å². The molecular weight excluding hydrogens is 378 g/mol. The molecule has 0 atom stereocenters. The first kappa shape index (κ1) is 20.2. The van der Waals surface area contributed by atoms with Gasteiger partial charge in [-0.2, -0.15) is 0 Å². The zero-order valence-corrected chi connectivity index (χ0v) is 17.6. The van der Waals surface area contributed by atoms with Gasteiger partial charge in [-0.05, 0) is 59.0 Å². The number of carbonyl (C=O) groups excluding carboxylic acids is 1. The normalized spacial score (nSPS) is 15.5. The molecule has 1 aliphatic rings. The fraction of sp³-hybridized carbons (Fsp3) is 0.409. The number of pyridine rings is 2. The van der Waals surface area contributed by atoms with Gasteiger partial charge in [0.05, 0.1) is 29.8 Å². The average Bonchev–Trinajstić information content (AvgIpc) is 2.73. The Hall–Kier alpha value is -3.13. The molecule has 3 aromatic heterocycles. The molecule has 0 bridgehead atoms. The van der Waals surface area contributed by atoms with Crippen LogP contribution in [-0.2, 0) is 4.79 Å². The second-order valence-electron chi connectivity index (χ2n) is 8.14.